The third-order valence-electron chi connectivity index (χ3n) is 2.43. The van der Waals surface area contributed by atoms with Gasteiger partial charge in [0, 0.05) is 0 Å². The van der Waals surface area contributed by atoms with Crippen molar-refractivity contribution < 1.29 is 22.7 Å². The van der Waals surface area contributed by atoms with Gasteiger partial charge in [-0.05, 0) is 24.5 Å². The number of hydrogen-bond acceptors (Lipinski definition) is 3. The van der Waals surface area contributed by atoms with Crippen LogP contribution < -0.4 is 4.72 Å². The lowest BCUT2D eigenvalue weighted by Crippen LogP contribution is -2.41. The number of sulfonamides is 1. The second kappa shape index (κ2) is 6.12. The van der Waals surface area contributed by atoms with Gasteiger partial charge in [-0.25, -0.2) is 12.8 Å². The Labute approximate surface area is 111 Å². The zero-order chi connectivity index (χ0) is 14.6. The average Bonchev–Trinajstić information content (AvgIpc) is 2.27. The van der Waals surface area contributed by atoms with E-state index in [1.165, 1.54) is 12.1 Å². The first-order valence-corrected chi connectivity index (χ1v) is 7.22. The highest BCUT2D eigenvalue weighted by Gasteiger charge is 2.27. The van der Waals surface area contributed by atoms with E-state index in [-0.39, 0.29) is 12.3 Å². The van der Waals surface area contributed by atoms with Gasteiger partial charge in [-0.2, -0.15) is 4.72 Å². The Balaban J connectivity index is 3.01. The Morgan fingerprint density at radius 1 is 1.37 bits per heavy atom. The van der Waals surface area contributed by atoms with Crippen LogP contribution in [0.4, 0.5) is 4.39 Å². The molecule has 0 saturated heterocycles. The molecule has 1 aromatic rings. The minimum Gasteiger partial charge on any atom is -0.480 e. The summed E-state index contributed by atoms with van der Waals surface area (Å²) in [6, 6.07) is 3.55. The number of aliphatic carboxylic acids is 1. The predicted molar refractivity (Wildman–Crippen MR) is 67.6 cm³/mol. The van der Waals surface area contributed by atoms with Crippen molar-refractivity contribution >= 4 is 16.0 Å². The summed E-state index contributed by atoms with van der Waals surface area (Å²) >= 11 is 0. The quantitative estimate of drug-likeness (QED) is 0.833. The number of carboxylic acid groups (broad SMARTS) is 1. The van der Waals surface area contributed by atoms with E-state index < -0.39 is 32.7 Å². The highest BCUT2D eigenvalue weighted by molar-refractivity contribution is 7.89. The second-order valence-electron chi connectivity index (χ2n) is 4.57. The van der Waals surface area contributed by atoms with Crippen LogP contribution in [-0.4, -0.2) is 25.5 Å². The molecule has 1 aromatic carbocycles. The van der Waals surface area contributed by atoms with Crippen LogP contribution in [0.1, 0.15) is 20.3 Å². The number of carbonyl (C=O) groups is 1. The summed E-state index contributed by atoms with van der Waals surface area (Å²) in [5, 5.41) is 8.98. The Hall–Kier alpha value is -1.47. The number of carboxylic acids is 1. The van der Waals surface area contributed by atoms with Crippen LogP contribution in [0.15, 0.2) is 29.2 Å². The van der Waals surface area contributed by atoms with Gasteiger partial charge in [0.15, 0.2) is 0 Å². The van der Waals surface area contributed by atoms with Crippen LogP contribution in [0.3, 0.4) is 0 Å². The normalized spacial score (nSPS) is 13.5. The lowest BCUT2D eigenvalue weighted by molar-refractivity contribution is -0.139. The Bertz CT molecular complexity index is 557. The molecule has 0 amide bonds. The maximum absolute atomic E-state index is 13.4. The summed E-state index contributed by atoms with van der Waals surface area (Å²) in [7, 11) is -4.19. The summed E-state index contributed by atoms with van der Waals surface area (Å²) in [6.07, 6.45) is 0.128. The van der Waals surface area contributed by atoms with Crippen molar-refractivity contribution in [2.45, 2.75) is 31.2 Å². The average molecular weight is 289 g/mol. The Morgan fingerprint density at radius 2 is 1.95 bits per heavy atom. The molecule has 0 fully saturated rings. The van der Waals surface area contributed by atoms with Gasteiger partial charge in [-0.15, -0.1) is 0 Å². The largest absolute Gasteiger partial charge is 0.480 e. The lowest BCUT2D eigenvalue weighted by atomic mass is 10.1. The van der Waals surface area contributed by atoms with Crippen molar-refractivity contribution in [2.75, 3.05) is 0 Å². The van der Waals surface area contributed by atoms with Crippen LogP contribution >= 0.6 is 0 Å². The monoisotopic (exact) mass is 289 g/mol. The van der Waals surface area contributed by atoms with E-state index in [9.17, 15) is 17.6 Å². The highest BCUT2D eigenvalue weighted by atomic mass is 32.2. The number of hydrogen-bond donors (Lipinski definition) is 2. The first-order chi connectivity index (χ1) is 8.74. The molecule has 0 aliphatic rings. The zero-order valence-corrected chi connectivity index (χ0v) is 11.4. The van der Waals surface area contributed by atoms with Gasteiger partial charge in [-0.3, -0.25) is 4.79 Å². The van der Waals surface area contributed by atoms with Crippen LogP contribution in [0.25, 0.3) is 0 Å². The molecule has 0 aliphatic heterocycles. The third kappa shape index (κ3) is 4.29. The van der Waals surface area contributed by atoms with E-state index in [4.69, 9.17) is 5.11 Å². The van der Waals surface area contributed by atoms with Crippen molar-refractivity contribution in [3.63, 3.8) is 0 Å². The van der Waals surface area contributed by atoms with Gasteiger partial charge in [0.1, 0.15) is 16.8 Å². The minimum absolute atomic E-state index is 0.00980. The van der Waals surface area contributed by atoms with Crippen molar-refractivity contribution in [1.82, 2.24) is 4.72 Å². The molecule has 2 N–H and O–H groups in total. The number of rotatable bonds is 6. The van der Waals surface area contributed by atoms with Crippen LogP contribution in [0.2, 0.25) is 0 Å². The van der Waals surface area contributed by atoms with Crippen molar-refractivity contribution in [3.8, 4) is 0 Å². The second-order valence-corrected chi connectivity index (χ2v) is 6.25. The Kier molecular flexibility index (Phi) is 5.02. The number of benzene rings is 1. The summed E-state index contributed by atoms with van der Waals surface area (Å²) in [6.45, 7) is 3.54. The first kappa shape index (κ1) is 15.6. The molecular formula is C12H16FNO4S. The molecule has 1 rings (SSSR count). The molecule has 0 heterocycles. The maximum atomic E-state index is 13.4. The number of nitrogens with one attached hydrogen (secondary N) is 1. The van der Waals surface area contributed by atoms with E-state index in [1.807, 2.05) is 4.72 Å². The van der Waals surface area contributed by atoms with Gasteiger partial charge in [0.05, 0.1) is 0 Å². The van der Waals surface area contributed by atoms with Gasteiger partial charge in [0.25, 0.3) is 0 Å². The third-order valence-corrected chi connectivity index (χ3v) is 3.93. The molecule has 106 valence electrons. The summed E-state index contributed by atoms with van der Waals surface area (Å²) in [5.74, 6) is -2.21. The highest BCUT2D eigenvalue weighted by Crippen LogP contribution is 2.15. The lowest BCUT2D eigenvalue weighted by Gasteiger charge is -2.16. The molecule has 0 aliphatic carbocycles. The molecule has 0 spiro atoms. The minimum atomic E-state index is -4.19. The smallest absolute Gasteiger partial charge is 0.321 e. The van der Waals surface area contributed by atoms with Crippen LogP contribution in [0, 0.1) is 11.7 Å². The Morgan fingerprint density at radius 3 is 2.42 bits per heavy atom. The topological polar surface area (TPSA) is 83.5 Å². The van der Waals surface area contributed by atoms with Gasteiger partial charge >= 0.3 is 5.97 Å². The summed E-state index contributed by atoms with van der Waals surface area (Å²) < 4.78 is 39.3. The van der Waals surface area contributed by atoms with Crippen molar-refractivity contribution in [1.29, 1.82) is 0 Å². The van der Waals surface area contributed by atoms with E-state index in [0.29, 0.717) is 0 Å². The summed E-state index contributed by atoms with van der Waals surface area (Å²) in [5.41, 5.74) is 0. The molecule has 7 heteroatoms. The SMILES string of the molecule is CC(C)CC(NS(=O)(=O)c1ccccc1F)C(=O)O. The molecule has 0 saturated carbocycles. The summed E-state index contributed by atoms with van der Waals surface area (Å²) in [4.78, 5) is 10.5. The molecule has 1 unspecified atom stereocenters. The van der Waals surface area contributed by atoms with E-state index in [1.54, 1.807) is 13.8 Å². The first-order valence-electron chi connectivity index (χ1n) is 5.73. The van der Waals surface area contributed by atoms with Crippen LogP contribution in [-0.2, 0) is 14.8 Å². The standard InChI is InChI=1S/C12H16FNO4S/c1-8(2)7-10(12(15)16)14-19(17,18)11-6-4-3-5-9(11)13/h3-6,8,10,14H,7H2,1-2H3,(H,15,16). The molecule has 0 radical (unpaired) electrons. The molecule has 19 heavy (non-hydrogen) atoms. The molecule has 0 aromatic heterocycles. The van der Waals surface area contributed by atoms with E-state index >= 15 is 0 Å². The molecular weight excluding hydrogens is 273 g/mol. The zero-order valence-electron chi connectivity index (χ0n) is 10.6. The van der Waals surface area contributed by atoms with Crippen LogP contribution in [0.5, 0.6) is 0 Å². The molecule has 1 atom stereocenters. The van der Waals surface area contributed by atoms with Gasteiger partial charge in [-0.1, -0.05) is 26.0 Å². The van der Waals surface area contributed by atoms with Gasteiger partial charge < -0.3 is 5.11 Å². The van der Waals surface area contributed by atoms with E-state index in [0.717, 1.165) is 12.1 Å². The predicted octanol–water partition coefficient (Wildman–Crippen LogP) is 1.60. The molecule has 0 bridgehead atoms. The maximum Gasteiger partial charge on any atom is 0.321 e. The fraction of sp³-hybridized carbons (Fsp3) is 0.417. The van der Waals surface area contributed by atoms with Crippen molar-refractivity contribution in [2.24, 2.45) is 5.92 Å². The fourth-order valence-corrected chi connectivity index (χ4v) is 2.87. The van der Waals surface area contributed by atoms with Crippen molar-refractivity contribution in [3.05, 3.63) is 30.1 Å². The van der Waals surface area contributed by atoms with Gasteiger partial charge in [0.2, 0.25) is 10.0 Å². The fourth-order valence-electron chi connectivity index (χ4n) is 1.58. The van der Waals surface area contributed by atoms with E-state index in [2.05, 4.69) is 0 Å². The molecule has 5 nitrogen and oxygen atoms in total. The number of halogens is 1.